The number of amides is 1. The van der Waals surface area contributed by atoms with Gasteiger partial charge in [0.25, 0.3) is 5.91 Å². The Hall–Kier alpha value is -4.70. The maximum absolute atomic E-state index is 13.8. The van der Waals surface area contributed by atoms with Gasteiger partial charge in [-0.2, -0.15) is 10.2 Å². The Balaban J connectivity index is 1.25. The van der Waals surface area contributed by atoms with Gasteiger partial charge >= 0.3 is 0 Å². The van der Waals surface area contributed by atoms with Crippen LogP contribution in [0.2, 0.25) is 0 Å². The van der Waals surface area contributed by atoms with Gasteiger partial charge in [-0.25, -0.2) is 9.50 Å². The number of carbonyl (C=O) groups excluding carboxylic acids is 1. The van der Waals surface area contributed by atoms with Crippen LogP contribution in [0.25, 0.3) is 16.9 Å². The van der Waals surface area contributed by atoms with Gasteiger partial charge in [0.15, 0.2) is 11.3 Å². The van der Waals surface area contributed by atoms with Crippen molar-refractivity contribution < 1.29 is 14.3 Å². The predicted octanol–water partition coefficient (Wildman–Crippen LogP) is 5.88. The summed E-state index contributed by atoms with van der Waals surface area (Å²) >= 11 is 0. The number of hydrogen-bond donors (Lipinski definition) is 2. The van der Waals surface area contributed by atoms with Crippen molar-refractivity contribution >= 4 is 23.1 Å². The molecule has 7 rings (SSSR count). The van der Waals surface area contributed by atoms with Crippen LogP contribution in [0.1, 0.15) is 65.3 Å². The molecular weight excluding hydrogens is 542 g/mol. The van der Waals surface area contributed by atoms with Crippen molar-refractivity contribution in [3.63, 3.8) is 0 Å². The fourth-order valence-electron chi connectivity index (χ4n) is 5.99. The third kappa shape index (κ3) is 5.34. The quantitative estimate of drug-likeness (QED) is 0.249. The smallest absolute Gasteiger partial charge is 0.276 e. The average molecular weight is 578 g/mol. The Labute approximate surface area is 250 Å². The first-order valence-electron chi connectivity index (χ1n) is 14.8. The second-order valence-corrected chi connectivity index (χ2v) is 11.7. The lowest BCUT2D eigenvalue weighted by Crippen LogP contribution is -2.25. The number of anilines is 2. The lowest BCUT2D eigenvalue weighted by atomic mass is 10.0. The molecule has 1 saturated heterocycles. The number of rotatable bonds is 7. The van der Waals surface area contributed by atoms with Gasteiger partial charge in [-0.1, -0.05) is 43.7 Å². The van der Waals surface area contributed by atoms with Gasteiger partial charge in [0.2, 0.25) is 0 Å². The number of nitrogens with one attached hydrogen (secondary N) is 2. The molecule has 0 aliphatic carbocycles. The first-order valence-corrected chi connectivity index (χ1v) is 14.8. The summed E-state index contributed by atoms with van der Waals surface area (Å²) in [5.74, 6) is 1.27. The predicted molar refractivity (Wildman–Crippen MR) is 165 cm³/mol. The zero-order valence-corrected chi connectivity index (χ0v) is 24.6. The molecule has 43 heavy (non-hydrogen) atoms. The molecule has 2 aliphatic heterocycles. The van der Waals surface area contributed by atoms with Crippen molar-refractivity contribution in [2.45, 2.75) is 58.7 Å². The molecule has 10 nitrogen and oxygen atoms in total. The van der Waals surface area contributed by atoms with Crippen LogP contribution >= 0.6 is 0 Å². The summed E-state index contributed by atoms with van der Waals surface area (Å²) in [6.45, 7) is 9.20. The normalized spacial score (nSPS) is 15.3. The summed E-state index contributed by atoms with van der Waals surface area (Å²) in [7, 11) is 0. The van der Waals surface area contributed by atoms with Gasteiger partial charge in [0.1, 0.15) is 17.7 Å². The van der Waals surface area contributed by atoms with Gasteiger partial charge in [0, 0.05) is 61.1 Å². The Morgan fingerprint density at radius 1 is 1.09 bits per heavy atom. The number of fused-ring (bicyclic) bond motifs is 2. The van der Waals surface area contributed by atoms with E-state index in [-0.39, 0.29) is 17.9 Å². The van der Waals surface area contributed by atoms with E-state index in [1.165, 1.54) is 16.7 Å². The summed E-state index contributed by atoms with van der Waals surface area (Å²) < 4.78 is 13.4. The number of aromatic nitrogens is 5. The van der Waals surface area contributed by atoms with Crippen molar-refractivity contribution in [2.24, 2.45) is 0 Å². The SMILES string of the molecule is Cc1ccc2c(c1)CN(c1cc(-c3cn[nH]c3)n3nc(C(=O)Nc4cccc(OC5CCOCC5)c4)c(C(C)C)c3n1)C2. The molecule has 0 spiro atoms. The molecule has 1 fully saturated rings. The van der Waals surface area contributed by atoms with E-state index in [2.05, 4.69) is 59.4 Å². The Morgan fingerprint density at radius 2 is 1.93 bits per heavy atom. The van der Waals surface area contributed by atoms with E-state index >= 15 is 0 Å². The highest BCUT2D eigenvalue weighted by atomic mass is 16.5. The van der Waals surface area contributed by atoms with E-state index in [0.717, 1.165) is 54.3 Å². The van der Waals surface area contributed by atoms with Crippen molar-refractivity contribution in [1.82, 2.24) is 24.8 Å². The highest BCUT2D eigenvalue weighted by Crippen LogP contribution is 2.34. The van der Waals surface area contributed by atoms with E-state index in [0.29, 0.717) is 30.2 Å². The van der Waals surface area contributed by atoms with Gasteiger partial charge in [-0.15, -0.1) is 0 Å². The van der Waals surface area contributed by atoms with Gasteiger partial charge in [0.05, 0.1) is 25.1 Å². The number of aromatic amines is 1. The first kappa shape index (κ1) is 27.2. The number of ether oxygens (including phenoxy) is 2. The lowest BCUT2D eigenvalue weighted by molar-refractivity contribution is 0.0256. The standard InChI is InChI=1S/C33H35N7O3/c1-20(2)30-31(33(41)36-25-5-4-6-27(14-25)43-26-9-11-42-12-10-26)38-40-28(24-16-34-35-17-24)15-29(37-32(30)40)39-18-22-8-7-21(3)13-23(22)19-39/h4-8,13-17,20,26H,9-12,18-19H2,1-3H3,(H,34,35)(H,36,41). The summed E-state index contributed by atoms with van der Waals surface area (Å²) in [4.78, 5) is 21.2. The number of carbonyl (C=O) groups is 1. The van der Waals surface area contributed by atoms with E-state index < -0.39 is 0 Å². The third-order valence-electron chi connectivity index (χ3n) is 8.17. The molecule has 220 valence electrons. The molecular formula is C33H35N7O3. The van der Waals surface area contributed by atoms with Crippen LogP contribution in [-0.4, -0.2) is 50.0 Å². The number of aryl methyl sites for hydroxylation is 1. The molecule has 0 unspecified atom stereocenters. The maximum atomic E-state index is 13.8. The second-order valence-electron chi connectivity index (χ2n) is 11.7. The molecule has 0 bridgehead atoms. The van der Waals surface area contributed by atoms with Crippen LogP contribution in [0, 0.1) is 6.92 Å². The fourth-order valence-corrected chi connectivity index (χ4v) is 5.99. The molecule has 2 aromatic carbocycles. The van der Waals surface area contributed by atoms with Gasteiger partial charge in [-0.3, -0.25) is 9.89 Å². The number of nitrogens with zero attached hydrogens (tertiary/aromatic N) is 5. The molecule has 0 atom stereocenters. The molecule has 0 saturated carbocycles. The third-order valence-corrected chi connectivity index (χ3v) is 8.17. The van der Waals surface area contributed by atoms with Crippen LogP contribution in [0.15, 0.2) is 60.9 Å². The molecule has 5 heterocycles. The largest absolute Gasteiger partial charge is 0.490 e. The minimum absolute atomic E-state index is 0.000173. The minimum atomic E-state index is -0.291. The van der Waals surface area contributed by atoms with E-state index in [9.17, 15) is 4.79 Å². The molecule has 1 amide bonds. The first-order chi connectivity index (χ1) is 20.9. The van der Waals surface area contributed by atoms with Crippen LogP contribution < -0.4 is 15.0 Å². The Bertz CT molecular complexity index is 1790. The van der Waals surface area contributed by atoms with E-state index in [4.69, 9.17) is 19.6 Å². The minimum Gasteiger partial charge on any atom is -0.490 e. The Kier molecular flexibility index (Phi) is 7.06. The topological polar surface area (TPSA) is 110 Å². The van der Waals surface area contributed by atoms with Crippen LogP contribution in [0.3, 0.4) is 0 Å². The monoisotopic (exact) mass is 577 g/mol. The van der Waals surface area contributed by atoms with E-state index in [1.54, 1.807) is 10.7 Å². The summed E-state index contributed by atoms with van der Waals surface area (Å²) in [6.07, 6.45) is 5.42. The highest BCUT2D eigenvalue weighted by molar-refractivity contribution is 6.05. The highest BCUT2D eigenvalue weighted by Gasteiger charge is 2.28. The average Bonchev–Trinajstić information content (AvgIpc) is 3.76. The van der Waals surface area contributed by atoms with Crippen LogP contribution in [-0.2, 0) is 17.8 Å². The number of hydrogen-bond acceptors (Lipinski definition) is 7. The van der Waals surface area contributed by atoms with E-state index in [1.807, 2.05) is 36.5 Å². The lowest BCUT2D eigenvalue weighted by Gasteiger charge is -2.23. The van der Waals surface area contributed by atoms with Crippen molar-refractivity contribution in [3.8, 4) is 17.0 Å². The fraction of sp³-hybridized carbons (Fsp3) is 0.333. The van der Waals surface area contributed by atoms with Crippen LogP contribution in [0.5, 0.6) is 5.75 Å². The Morgan fingerprint density at radius 3 is 2.72 bits per heavy atom. The van der Waals surface area contributed by atoms with Crippen LogP contribution in [0.4, 0.5) is 11.5 Å². The van der Waals surface area contributed by atoms with Gasteiger partial charge < -0.3 is 19.7 Å². The molecule has 2 aliphatic rings. The van der Waals surface area contributed by atoms with Gasteiger partial charge in [-0.05, 0) is 36.1 Å². The van der Waals surface area contributed by atoms with Crippen molar-refractivity contribution in [1.29, 1.82) is 0 Å². The molecule has 3 aromatic heterocycles. The number of H-pyrrole nitrogens is 1. The molecule has 2 N–H and O–H groups in total. The second kappa shape index (κ2) is 11.2. The molecule has 10 heteroatoms. The number of benzene rings is 2. The zero-order valence-electron chi connectivity index (χ0n) is 24.6. The summed E-state index contributed by atoms with van der Waals surface area (Å²) in [5.41, 5.74) is 8.00. The van der Waals surface area contributed by atoms with Crippen molar-refractivity contribution in [2.75, 3.05) is 23.4 Å². The maximum Gasteiger partial charge on any atom is 0.276 e. The summed E-state index contributed by atoms with van der Waals surface area (Å²) in [6, 6.07) is 16.2. The van der Waals surface area contributed by atoms with Crippen molar-refractivity contribution in [3.05, 3.63) is 88.9 Å². The molecule has 5 aromatic rings. The summed E-state index contributed by atoms with van der Waals surface area (Å²) in [5, 5.41) is 15.0. The molecule has 0 radical (unpaired) electrons. The zero-order chi connectivity index (χ0) is 29.5.